The summed E-state index contributed by atoms with van der Waals surface area (Å²) in [5, 5.41) is 10.7. The number of alkyl halides is 1. The van der Waals surface area contributed by atoms with Crippen LogP contribution in [0.25, 0.3) is 0 Å². The lowest BCUT2D eigenvalue weighted by Gasteiger charge is -1.93. The van der Waals surface area contributed by atoms with E-state index in [0.29, 0.717) is 16.0 Å². The Morgan fingerprint density at radius 1 is 1.57 bits per heavy atom. The molecule has 0 saturated carbocycles. The van der Waals surface area contributed by atoms with Gasteiger partial charge in [-0.25, -0.2) is 4.79 Å². The molecular weight excluding hydrogens is 288 g/mol. The zero-order valence-corrected chi connectivity index (χ0v) is 10.2. The van der Waals surface area contributed by atoms with Crippen LogP contribution in [-0.2, 0) is 4.79 Å². The first-order valence-corrected chi connectivity index (χ1v) is 6.64. The minimum atomic E-state index is -0.923. The highest BCUT2D eigenvalue weighted by atomic mass is 79.9. The molecule has 0 aromatic carbocycles. The molecule has 14 heavy (non-hydrogen) atoms. The molecule has 1 rings (SSSR count). The number of rotatable bonds is 5. The fraction of sp³-hybridized carbons (Fsp3) is 0.250. The predicted octanol–water partition coefficient (Wildman–Crippen LogP) is 2.50. The summed E-state index contributed by atoms with van der Waals surface area (Å²) in [4.78, 5) is 22.6. The van der Waals surface area contributed by atoms with E-state index in [1.165, 1.54) is 23.1 Å². The van der Waals surface area contributed by atoms with Crippen LogP contribution < -0.4 is 0 Å². The lowest BCUT2D eigenvalue weighted by molar-refractivity contribution is -0.114. The number of carboxylic acids is 1. The van der Waals surface area contributed by atoms with Crippen molar-refractivity contribution >= 4 is 50.8 Å². The van der Waals surface area contributed by atoms with Crippen LogP contribution in [0.5, 0.6) is 0 Å². The Kier molecular flexibility index (Phi) is 4.64. The smallest absolute Gasteiger partial charge is 0.345 e. The van der Waals surface area contributed by atoms with Crippen molar-refractivity contribution in [3.8, 4) is 0 Å². The Labute approximate surface area is 97.6 Å². The summed E-state index contributed by atoms with van der Waals surface area (Å²) < 4.78 is 0. The van der Waals surface area contributed by atoms with Gasteiger partial charge in [0.05, 0.1) is 11.1 Å². The average molecular weight is 295 g/mol. The van der Waals surface area contributed by atoms with E-state index < -0.39 is 5.97 Å². The van der Waals surface area contributed by atoms with E-state index in [1.54, 1.807) is 11.4 Å². The van der Waals surface area contributed by atoms with Crippen LogP contribution in [-0.4, -0.2) is 27.9 Å². The van der Waals surface area contributed by atoms with Crippen LogP contribution in [0.4, 0.5) is 0 Å². The Hall–Kier alpha value is -0.330. The van der Waals surface area contributed by atoms with Crippen molar-refractivity contribution in [2.75, 3.05) is 11.1 Å². The third kappa shape index (κ3) is 3.43. The molecule has 3 nitrogen and oxygen atoms in total. The molecule has 1 heterocycles. The third-order valence-corrected chi connectivity index (χ3v) is 4.06. The molecule has 0 aliphatic rings. The second-order valence-corrected chi connectivity index (χ2v) is 4.93. The largest absolute Gasteiger partial charge is 0.477 e. The molecule has 0 spiro atoms. The molecule has 0 atom stereocenters. The van der Waals surface area contributed by atoms with Gasteiger partial charge in [-0.15, -0.1) is 23.1 Å². The Bertz CT molecular complexity index is 348. The molecule has 1 aromatic rings. The number of Topliss-reactive ketones (excluding diaryl/α,β-unsaturated/α-hetero) is 1. The van der Waals surface area contributed by atoms with E-state index in [9.17, 15) is 9.59 Å². The fourth-order valence-corrected chi connectivity index (χ4v) is 2.90. The van der Waals surface area contributed by atoms with E-state index in [2.05, 4.69) is 15.9 Å². The summed E-state index contributed by atoms with van der Waals surface area (Å²) in [5.41, 5.74) is 0. The maximum absolute atomic E-state index is 10.9. The zero-order chi connectivity index (χ0) is 10.6. The SMILES string of the molecule is O=C(CBr)CSc1csc(C(=O)O)c1. The number of hydrogen-bond acceptors (Lipinski definition) is 4. The van der Waals surface area contributed by atoms with Gasteiger partial charge in [-0.1, -0.05) is 15.9 Å². The first-order chi connectivity index (χ1) is 6.63. The van der Waals surface area contributed by atoms with Crippen LogP contribution in [0, 0.1) is 0 Å². The van der Waals surface area contributed by atoms with Crippen molar-refractivity contribution in [3.63, 3.8) is 0 Å². The van der Waals surface area contributed by atoms with Gasteiger partial charge in [0.15, 0.2) is 5.78 Å². The fourth-order valence-electron chi connectivity index (χ4n) is 0.709. The number of ketones is 1. The van der Waals surface area contributed by atoms with Crippen molar-refractivity contribution in [2.45, 2.75) is 4.90 Å². The lowest BCUT2D eigenvalue weighted by Crippen LogP contribution is -2.01. The van der Waals surface area contributed by atoms with Gasteiger partial charge in [-0.05, 0) is 6.07 Å². The van der Waals surface area contributed by atoms with Crippen LogP contribution in [0.2, 0.25) is 0 Å². The summed E-state index contributed by atoms with van der Waals surface area (Å²) in [6.07, 6.45) is 0. The quantitative estimate of drug-likeness (QED) is 0.670. The van der Waals surface area contributed by atoms with Crippen molar-refractivity contribution < 1.29 is 14.7 Å². The van der Waals surface area contributed by atoms with E-state index in [4.69, 9.17) is 5.11 Å². The Morgan fingerprint density at radius 3 is 2.79 bits per heavy atom. The number of carbonyl (C=O) groups is 2. The molecular formula is C8H7BrO3S2. The third-order valence-electron chi connectivity index (χ3n) is 1.34. The summed E-state index contributed by atoms with van der Waals surface area (Å²) in [7, 11) is 0. The lowest BCUT2D eigenvalue weighted by atomic mass is 10.5. The molecule has 76 valence electrons. The second-order valence-electron chi connectivity index (χ2n) is 2.41. The molecule has 1 aromatic heterocycles. The summed E-state index contributed by atoms with van der Waals surface area (Å²) in [6.45, 7) is 0. The average Bonchev–Trinajstić information content (AvgIpc) is 2.62. The molecule has 0 aliphatic heterocycles. The molecule has 0 saturated heterocycles. The number of thioether (sulfide) groups is 1. The number of carbonyl (C=O) groups excluding carboxylic acids is 1. The molecule has 1 N–H and O–H groups in total. The van der Waals surface area contributed by atoms with Gasteiger partial charge < -0.3 is 5.11 Å². The highest BCUT2D eigenvalue weighted by Crippen LogP contribution is 2.24. The normalized spacial score (nSPS) is 10.1. The second kappa shape index (κ2) is 5.53. The summed E-state index contributed by atoms with van der Waals surface area (Å²) in [6, 6.07) is 1.58. The van der Waals surface area contributed by atoms with E-state index in [-0.39, 0.29) is 5.78 Å². The van der Waals surface area contributed by atoms with Crippen molar-refractivity contribution in [2.24, 2.45) is 0 Å². The summed E-state index contributed by atoms with van der Waals surface area (Å²) in [5.74, 6) is -0.451. The van der Waals surface area contributed by atoms with E-state index >= 15 is 0 Å². The Balaban J connectivity index is 2.52. The van der Waals surface area contributed by atoms with E-state index in [1.807, 2.05) is 0 Å². The topological polar surface area (TPSA) is 54.4 Å². The first kappa shape index (κ1) is 11.7. The molecule has 0 radical (unpaired) electrons. The molecule has 0 bridgehead atoms. The van der Waals surface area contributed by atoms with Crippen LogP contribution in [0.15, 0.2) is 16.3 Å². The molecule has 6 heteroatoms. The van der Waals surface area contributed by atoms with Gasteiger partial charge in [0.25, 0.3) is 0 Å². The predicted molar refractivity (Wildman–Crippen MR) is 60.8 cm³/mol. The van der Waals surface area contributed by atoms with Crippen molar-refractivity contribution in [1.29, 1.82) is 0 Å². The molecule has 0 amide bonds. The number of thiophene rings is 1. The summed E-state index contributed by atoms with van der Waals surface area (Å²) >= 11 is 5.59. The minimum absolute atomic E-state index is 0.0954. The van der Waals surface area contributed by atoms with Crippen LogP contribution >= 0.6 is 39.0 Å². The highest BCUT2D eigenvalue weighted by Gasteiger charge is 2.08. The standard InChI is InChI=1S/C8H7BrO3S2/c9-2-5(10)3-13-6-1-7(8(11)12)14-4-6/h1,4H,2-3H2,(H,11,12). The number of carboxylic acid groups (broad SMARTS) is 1. The van der Waals surface area contributed by atoms with Crippen LogP contribution in [0.1, 0.15) is 9.67 Å². The number of halogens is 1. The molecule has 0 aliphatic carbocycles. The van der Waals surface area contributed by atoms with Gasteiger partial charge in [0.1, 0.15) is 4.88 Å². The van der Waals surface area contributed by atoms with Gasteiger partial charge in [0.2, 0.25) is 0 Å². The monoisotopic (exact) mass is 294 g/mol. The minimum Gasteiger partial charge on any atom is -0.477 e. The van der Waals surface area contributed by atoms with Gasteiger partial charge in [-0.2, -0.15) is 0 Å². The number of aromatic carboxylic acids is 1. The zero-order valence-electron chi connectivity index (χ0n) is 7.03. The first-order valence-electron chi connectivity index (χ1n) is 3.65. The van der Waals surface area contributed by atoms with Crippen molar-refractivity contribution in [3.05, 3.63) is 16.3 Å². The maximum atomic E-state index is 10.9. The maximum Gasteiger partial charge on any atom is 0.345 e. The molecule has 0 fully saturated rings. The highest BCUT2D eigenvalue weighted by molar-refractivity contribution is 9.09. The number of hydrogen-bond donors (Lipinski definition) is 1. The van der Waals surface area contributed by atoms with Crippen molar-refractivity contribution in [1.82, 2.24) is 0 Å². The Morgan fingerprint density at radius 2 is 2.29 bits per heavy atom. The van der Waals surface area contributed by atoms with E-state index in [0.717, 1.165) is 4.90 Å². The van der Waals surface area contributed by atoms with Gasteiger partial charge in [-0.3, -0.25) is 4.79 Å². The van der Waals surface area contributed by atoms with Gasteiger partial charge >= 0.3 is 5.97 Å². The molecule has 0 unspecified atom stereocenters. The van der Waals surface area contributed by atoms with Crippen LogP contribution in [0.3, 0.4) is 0 Å². The van der Waals surface area contributed by atoms with Gasteiger partial charge in [0, 0.05) is 10.3 Å².